The number of aliphatic hydroxyl groups is 3. The molecule has 3 atom stereocenters. The van der Waals surface area contributed by atoms with Crippen LogP contribution in [0.3, 0.4) is 0 Å². The summed E-state index contributed by atoms with van der Waals surface area (Å²) in [7, 11) is 0. The van der Waals surface area contributed by atoms with Gasteiger partial charge in [-0.2, -0.15) is 0 Å². The van der Waals surface area contributed by atoms with Crippen LogP contribution in [0.15, 0.2) is 24.3 Å². The largest absolute Gasteiger partial charge is 0.394 e. The lowest BCUT2D eigenvalue weighted by Crippen LogP contribution is -2.50. The van der Waals surface area contributed by atoms with Gasteiger partial charge < -0.3 is 20.6 Å². The Morgan fingerprint density at radius 3 is 1.42 bits per heavy atom. The van der Waals surface area contributed by atoms with Crippen molar-refractivity contribution in [2.24, 2.45) is 0 Å². The molecule has 254 valence electrons. The maximum atomic E-state index is 12.3. The van der Waals surface area contributed by atoms with Crippen molar-refractivity contribution >= 4 is 5.91 Å². The van der Waals surface area contributed by atoms with Crippen molar-refractivity contribution in [3.05, 3.63) is 24.3 Å². The molecule has 3 unspecified atom stereocenters. The minimum Gasteiger partial charge on any atom is -0.394 e. The van der Waals surface area contributed by atoms with E-state index in [2.05, 4.69) is 43.5 Å². The highest BCUT2D eigenvalue weighted by Gasteiger charge is 2.26. The monoisotopic (exact) mass is 608 g/mol. The van der Waals surface area contributed by atoms with Gasteiger partial charge in [0.15, 0.2) is 0 Å². The molecule has 0 rings (SSSR count). The van der Waals surface area contributed by atoms with E-state index in [1.165, 1.54) is 116 Å². The highest BCUT2D eigenvalue weighted by atomic mass is 16.3. The minimum atomic E-state index is -1.16. The van der Waals surface area contributed by atoms with Gasteiger partial charge in [-0.1, -0.05) is 154 Å². The van der Waals surface area contributed by atoms with Crippen LogP contribution in [0.4, 0.5) is 0 Å². The number of unbranched alkanes of at least 4 members (excludes halogenated alkanes) is 21. The molecule has 0 aliphatic rings. The molecule has 0 aromatic heterocycles. The lowest BCUT2D eigenvalue weighted by Gasteiger charge is -2.26. The fourth-order valence-electron chi connectivity index (χ4n) is 5.59. The van der Waals surface area contributed by atoms with Crippen molar-refractivity contribution in [1.82, 2.24) is 5.32 Å². The van der Waals surface area contributed by atoms with E-state index < -0.39 is 18.2 Å². The van der Waals surface area contributed by atoms with E-state index in [4.69, 9.17) is 0 Å². The van der Waals surface area contributed by atoms with Crippen LogP contribution >= 0.6 is 0 Å². The number of carbonyl (C=O) groups excluding carboxylic acids is 1. The van der Waals surface area contributed by atoms with Crippen molar-refractivity contribution in [3.8, 4) is 0 Å². The number of nitrogens with one attached hydrogen (secondary N) is 1. The first-order valence-electron chi connectivity index (χ1n) is 18.6. The van der Waals surface area contributed by atoms with Crippen LogP contribution in [-0.2, 0) is 4.79 Å². The molecule has 0 aromatic rings. The Kier molecular flexibility index (Phi) is 32.8. The molecule has 43 heavy (non-hydrogen) atoms. The number of hydrogen-bond donors (Lipinski definition) is 4. The van der Waals surface area contributed by atoms with Gasteiger partial charge in [-0.05, 0) is 51.4 Å². The quantitative estimate of drug-likeness (QED) is 0.0441. The predicted octanol–water partition coefficient (Wildman–Crippen LogP) is 9.87. The maximum Gasteiger partial charge on any atom is 0.220 e. The predicted molar refractivity (Wildman–Crippen MR) is 185 cm³/mol. The topological polar surface area (TPSA) is 89.8 Å². The van der Waals surface area contributed by atoms with Gasteiger partial charge in [0.25, 0.3) is 0 Å². The van der Waals surface area contributed by atoms with Gasteiger partial charge >= 0.3 is 0 Å². The lowest BCUT2D eigenvalue weighted by molar-refractivity contribution is -0.124. The van der Waals surface area contributed by atoms with Crippen LogP contribution in [0, 0.1) is 0 Å². The second-order valence-corrected chi connectivity index (χ2v) is 12.8. The summed E-state index contributed by atoms with van der Waals surface area (Å²) in [5.41, 5.74) is 0. The SMILES string of the molecule is CCCCCCCCCCCCC/C=C/CC/C=C/CCCC(O)C(O)C(CO)NC(=O)CCCCCCCCCCC. The molecule has 1 amide bonds. The third-order valence-corrected chi connectivity index (χ3v) is 8.54. The third kappa shape index (κ3) is 29.3. The third-order valence-electron chi connectivity index (χ3n) is 8.54. The van der Waals surface area contributed by atoms with Crippen LogP contribution in [0.2, 0.25) is 0 Å². The molecule has 4 N–H and O–H groups in total. The molecule has 0 saturated carbocycles. The standard InChI is InChI=1S/C38H73NO4/c1-3-5-7-9-11-13-14-15-16-17-18-19-20-21-22-23-25-26-28-30-32-36(41)38(43)35(34-40)39-37(42)33-31-29-27-24-12-10-8-6-4-2/h20-21,25-26,35-36,38,40-41,43H,3-19,22-24,27-34H2,1-2H3,(H,39,42)/b21-20+,26-25+. The van der Waals surface area contributed by atoms with Gasteiger partial charge in [-0.25, -0.2) is 0 Å². The van der Waals surface area contributed by atoms with Gasteiger partial charge in [0.2, 0.25) is 5.91 Å². The molecular formula is C38H73NO4. The number of aliphatic hydroxyl groups excluding tert-OH is 3. The molecule has 0 radical (unpaired) electrons. The molecule has 0 aromatic carbocycles. The van der Waals surface area contributed by atoms with Gasteiger partial charge in [0.1, 0.15) is 6.10 Å². The first-order chi connectivity index (χ1) is 21.1. The Morgan fingerprint density at radius 2 is 0.953 bits per heavy atom. The van der Waals surface area contributed by atoms with Crippen LogP contribution in [0.5, 0.6) is 0 Å². The number of rotatable bonds is 33. The van der Waals surface area contributed by atoms with Gasteiger partial charge in [-0.3, -0.25) is 4.79 Å². The zero-order chi connectivity index (χ0) is 31.6. The van der Waals surface area contributed by atoms with Gasteiger partial charge in [0.05, 0.1) is 18.8 Å². The molecule has 0 heterocycles. The van der Waals surface area contributed by atoms with E-state index in [1.54, 1.807) is 0 Å². The first-order valence-corrected chi connectivity index (χ1v) is 18.6. The molecule has 0 bridgehead atoms. The number of amides is 1. The van der Waals surface area contributed by atoms with Gasteiger partial charge in [-0.15, -0.1) is 0 Å². The van der Waals surface area contributed by atoms with E-state index in [9.17, 15) is 20.1 Å². The van der Waals surface area contributed by atoms with Crippen molar-refractivity contribution in [1.29, 1.82) is 0 Å². The summed E-state index contributed by atoms with van der Waals surface area (Å²) in [6.45, 7) is 4.12. The van der Waals surface area contributed by atoms with E-state index in [0.29, 0.717) is 12.8 Å². The zero-order valence-corrected chi connectivity index (χ0v) is 28.6. The van der Waals surface area contributed by atoms with Crippen LogP contribution in [0.25, 0.3) is 0 Å². The highest BCUT2D eigenvalue weighted by molar-refractivity contribution is 5.76. The normalized spacial score (nSPS) is 14.1. The van der Waals surface area contributed by atoms with Crippen molar-refractivity contribution < 1.29 is 20.1 Å². The molecule has 0 saturated heterocycles. The van der Waals surface area contributed by atoms with Crippen molar-refractivity contribution in [2.75, 3.05) is 6.61 Å². The van der Waals surface area contributed by atoms with E-state index >= 15 is 0 Å². The Morgan fingerprint density at radius 1 is 0.558 bits per heavy atom. The molecule has 0 aliphatic heterocycles. The Balaban J connectivity index is 3.73. The molecule has 0 fully saturated rings. The highest BCUT2D eigenvalue weighted by Crippen LogP contribution is 2.14. The summed E-state index contributed by atoms with van der Waals surface area (Å²) >= 11 is 0. The number of hydrogen-bond acceptors (Lipinski definition) is 4. The zero-order valence-electron chi connectivity index (χ0n) is 28.6. The molecule has 0 spiro atoms. The summed E-state index contributed by atoms with van der Waals surface area (Å²) < 4.78 is 0. The molecule has 5 nitrogen and oxygen atoms in total. The van der Waals surface area contributed by atoms with Crippen molar-refractivity contribution in [3.63, 3.8) is 0 Å². The van der Waals surface area contributed by atoms with Crippen LogP contribution < -0.4 is 5.32 Å². The van der Waals surface area contributed by atoms with Crippen molar-refractivity contribution in [2.45, 2.75) is 205 Å². The first kappa shape index (κ1) is 41.8. The van der Waals surface area contributed by atoms with Crippen LogP contribution in [-0.4, -0.2) is 46.1 Å². The smallest absolute Gasteiger partial charge is 0.220 e. The van der Waals surface area contributed by atoms with Crippen LogP contribution in [0.1, 0.15) is 187 Å². The van der Waals surface area contributed by atoms with Gasteiger partial charge in [0, 0.05) is 6.42 Å². The number of allylic oxidation sites excluding steroid dienone is 4. The Labute approximate surface area is 267 Å². The lowest BCUT2D eigenvalue weighted by atomic mass is 10.0. The molecular weight excluding hydrogens is 534 g/mol. The summed E-state index contributed by atoms with van der Waals surface area (Å²) in [6, 6.07) is -0.825. The summed E-state index contributed by atoms with van der Waals surface area (Å²) in [5.74, 6) is -0.163. The summed E-state index contributed by atoms with van der Waals surface area (Å²) in [5, 5.41) is 33.2. The van der Waals surface area contributed by atoms with E-state index in [-0.39, 0.29) is 12.5 Å². The minimum absolute atomic E-state index is 0.163. The number of carbonyl (C=O) groups is 1. The Bertz CT molecular complexity index is 635. The second-order valence-electron chi connectivity index (χ2n) is 12.8. The summed E-state index contributed by atoms with van der Waals surface area (Å²) in [6.07, 6.45) is 38.5. The average Bonchev–Trinajstić information content (AvgIpc) is 3.01. The Hall–Kier alpha value is -1.17. The maximum absolute atomic E-state index is 12.3. The molecule has 0 aliphatic carbocycles. The molecule has 5 heteroatoms. The fourth-order valence-corrected chi connectivity index (χ4v) is 5.59. The van der Waals surface area contributed by atoms with E-state index in [1.807, 2.05) is 0 Å². The fraction of sp³-hybridized carbons (Fsp3) is 0.868. The van der Waals surface area contributed by atoms with E-state index in [0.717, 1.165) is 44.9 Å². The average molecular weight is 608 g/mol. The second kappa shape index (κ2) is 33.7. The summed E-state index contributed by atoms with van der Waals surface area (Å²) in [4.78, 5) is 12.3.